The van der Waals surface area contributed by atoms with Gasteiger partial charge in [-0.25, -0.2) is 14.4 Å². The number of unbranched alkanes of at least 4 members (excludes halogenated alkanes) is 42. The molecule has 12 nitrogen and oxygen atoms in total. The van der Waals surface area contributed by atoms with E-state index < -0.39 is 23.8 Å². The first-order valence-corrected chi connectivity index (χ1v) is 40.5. The predicted octanol–water partition coefficient (Wildman–Crippen LogP) is 25.3. The first-order chi connectivity index (χ1) is 47.8. The van der Waals surface area contributed by atoms with Crippen LogP contribution in [0.1, 0.15) is 381 Å². The van der Waals surface area contributed by atoms with Gasteiger partial charge in [-0.05, 0) is 93.1 Å². The van der Waals surface area contributed by atoms with E-state index in [1.807, 2.05) is 0 Å². The summed E-state index contributed by atoms with van der Waals surface area (Å²) in [6.45, 7) is 16.0. The van der Waals surface area contributed by atoms with Crippen LogP contribution in [-0.2, 0) is 14.2 Å². The highest BCUT2D eigenvalue weighted by molar-refractivity contribution is 5.91. The maximum atomic E-state index is 14.2. The SMILES string of the molecule is CCCCCCCCCCOc1ccc(C(=O)OCC(COC(=O)c2ccc(OCCCCCCCCCC)c(OCCCCCCCCCC)c2)COC(=O)c2ccc(OCCCCCCCCCC)c(OCCCCCCCCCC)c2)cc1OCCCCCCCCCC. The third kappa shape index (κ3) is 44.6. The Kier molecular flexibility index (Phi) is 55.0. The monoisotopic (exact) mass is 1360 g/mol. The van der Waals surface area contributed by atoms with Crippen LogP contribution in [0.2, 0.25) is 0 Å². The summed E-state index contributed by atoms with van der Waals surface area (Å²) < 4.78 is 56.4. The summed E-state index contributed by atoms with van der Waals surface area (Å²) in [6.07, 6.45) is 57.0. The normalized spacial score (nSPS) is 11.3. The molecule has 0 spiro atoms. The smallest absolute Gasteiger partial charge is 0.338 e. The molecular formula is C85H142O12. The molecule has 0 N–H and O–H groups in total. The fraction of sp³-hybridized carbons (Fsp3) is 0.753. The molecule has 0 aromatic heterocycles. The summed E-state index contributed by atoms with van der Waals surface area (Å²) >= 11 is 0. The van der Waals surface area contributed by atoms with Gasteiger partial charge in [0.1, 0.15) is 19.8 Å². The van der Waals surface area contributed by atoms with E-state index in [9.17, 15) is 14.4 Å². The molecule has 0 radical (unpaired) electrons. The Morgan fingerprint density at radius 1 is 0.227 bits per heavy atom. The fourth-order valence-corrected chi connectivity index (χ4v) is 12.1. The zero-order valence-corrected chi connectivity index (χ0v) is 63.0. The van der Waals surface area contributed by atoms with Crippen LogP contribution in [0, 0.1) is 5.92 Å². The first kappa shape index (κ1) is 86.1. The third-order valence-corrected chi connectivity index (χ3v) is 18.4. The van der Waals surface area contributed by atoms with Crippen LogP contribution in [0.25, 0.3) is 0 Å². The molecule has 0 fully saturated rings. The molecule has 554 valence electrons. The Labute approximate surface area is 593 Å². The van der Waals surface area contributed by atoms with E-state index in [0.29, 0.717) is 90.8 Å². The summed E-state index contributed by atoms with van der Waals surface area (Å²) in [5, 5.41) is 0. The van der Waals surface area contributed by atoms with Crippen molar-refractivity contribution in [2.45, 2.75) is 350 Å². The number of hydrogen-bond acceptors (Lipinski definition) is 12. The van der Waals surface area contributed by atoms with Crippen LogP contribution in [0.3, 0.4) is 0 Å². The Morgan fingerprint density at radius 2 is 0.392 bits per heavy atom. The van der Waals surface area contributed by atoms with Crippen LogP contribution in [0.4, 0.5) is 0 Å². The lowest BCUT2D eigenvalue weighted by Crippen LogP contribution is -2.26. The Morgan fingerprint density at radius 3 is 0.577 bits per heavy atom. The minimum atomic E-state index is -0.734. The zero-order chi connectivity index (χ0) is 69.5. The van der Waals surface area contributed by atoms with Crippen molar-refractivity contribution < 1.29 is 57.0 Å². The van der Waals surface area contributed by atoms with Crippen molar-refractivity contribution >= 4 is 17.9 Å². The highest BCUT2D eigenvalue weighted by Gasteiger charge is 2.23. The largest absolute Gasteiger partial charge is 0.490 e. The predicted molar refractivity (Wildman–Crippen MR) is 402 cm³/mol. The molecule has 0 saturated carbocycles. The van der Waals surface area contributed by atoms with Crippen LogP contribution in [0.15, 0.2) is 54.6 Å². The van der Waals surface area contributed by atoms with Crippen molar-refractivity contribution in [3.05, 3.63) is 71.3 Å². The standard InChI is InChI=1S/C85H142O12/c1-7-13-19-25-31-37-43-49-61-89-77-58-55-74(67-80(77)92-64-52-46-40-34-28-22-16-10-4)83(86)95-70-73(71-96-84(87)75-56-59-78(90-62-50-44-38-32-26-20-14-8-2)81(68-75)93-65-53-47-41-35-29-23-17-11-5)72-97-85(88)76-57-60-79(91-63-51-45-39-33-27-21-15-9-3)82(69-76)94-66-54-48-42-36-30-24-18-12-6/h55-60,67-69,73H,7-54,61-66,70-72H2,1-6H3. The Balaban J connectivity index is 1.87. The second-order valence-corrected chi connectivity index (χ2v) is 27.6. The van der Waals surface area contributed by atoms with Gasteiger partial charge in [-0.15, -0.1) is 0 Å². The second-order valence-electron chi connectivity index (χ2n) is 27.6. The van der Waals surface area contributed by atoms with E-state index in [-0.39, 0.29) is 19.8 Å². The van der Waals surface area contributed by atoms with Crippen LogP contribution < -0.4 is 28.4 Å². The van der Waals surface area contributed by atoms with Gasteiger partial charge in [-0.3, -0.25) is 0 Å². The lowest BCUT2D eigenvalue weighted by molar-refractivity contribution is 0.00631. The average molecular weight is 1360 g/mol. The maximum absolute atomic E-state index is 14.2. The van der Waals surface area contributed by atoms with E-state index in [4.69, 9.17) is 42.6 Å². The first-order valence-electron chi connectivity index (χ1n) is 40.5. The third-order valence-electron chi connectivity index (χ3n) is 18.4. The summed E-state index contributed by atoms with van der Waals surface area (Å²) in [5.41, 5.74) is 0.893. The van der Waals surface area contributed by atoms with E-state index in [1.54, 1.807) is 54.6 Å². The lowest BCUT2D eigenvalue weighted by Gasteiger charge is -2.19. The Hall–Kier alpha value is -5.13. The van der Waals surface area contributed by atoms with E-state index >= 15 is 0 Å². The van der Waals surface area contributed by atoms with Gasteiger partial charge in [0.25, 0.3) is 0 Å². The minimum absolute atomic E-state index is 0.207. The molecule has 0 bridgehead atoms. The number of ether oxygens (including phenoxy) is 9. The highest BCUT2D eigenvalue weighted by Crippen LogP contribution is 2.33. The van der Waals surface area contributed by atoms with Gasteiger partial charge < -0.3 is 42.6 Å². The molecule has 0 atom stereocenters. The molecular weight excluding hydrogens is 1210 g/mol. The molecule has 97 heavy (non-hydrogen) atoms. The molecule has 0 aliphatic heterocycles. The van der Waals surface area contributed by atoms with Crippen molar-refractivity contribution in [2.75, 3.05) is 59.5 Å². The molecule has 0 aliphatic rings. The van der Waals surface area contributed by atoms with Crippen LogP contribution in [-0.4, -0.2) is 77.4 Å². The number of hydrogen-bond donors (Lipinski definition) is 0. The molecule has 0 heterocycles. The fourth-order valence-electron chi connectivity index (χ4n) is 12.1. The summed E-state index contributed by atoms with van der Waals surface area (Å²) in [7, 11) is 0. The topological polar surface area (TPSA) is 134 Å². The van der Waals surface area contributed by atoms with Gasteiger partial charge in [-0.1, -0.05) is 311 Å². The second kappa shape index (κ2) is 61.9. The van der Waals surface area contributed by atoms with Gasteiger partial charge in [-0.2, -0.15) is 0 Å². The molecule has 0 unspecified atom stereocenters. The van der Waals surface area contributed by atoms with Crippen molar-refractivity contribution in [3.63, 3.8) is 0 Å². The highest BCUT2D eigenvalue weighted by atomic mass is 16.6. The molecule has 3 aromatic carbocycles. The number of esters is 3. The van der Waals surface area contributed by atoms with Gasteiger partial charge in [0.2, 0.25) is 0 Å². The van der Waals surface area contributed by atoms with Gasteiger partial charge >= 0.3 is 17.9 Å². The minimum Gasteiger partial charge on any atom is -0.490 e. The number of benzene rings is 3. The molecule has 0 saturated heterocycles. The van der Waals surface area contributed by atoms with Crippen LogP contribution >= 0.6 is 0 Å². The van der Waals surface area contributed by atoms with E-state index in [0.717, 1.165) is 96.3 Å². The van der Waals surface area contributed by atoms with Gasteiger partial charge in [0, 0.05) is 0 Å². The molecule has 0 aliphatic carbocycles. The summed E-state index contributed by atoms with van der Waals surface area (Å²) in [4.78, 5) is 42.5. The van der Waals surface area contributed by atoms with Crippen molar-refractivity contribution in [2.24, 2.45) is 5.92 Å². The molecule has 0 amide bonds. The summed E-state index contributed by atoms with van der Waals surface area (Å²) in [6, 6.07) is 15.6. The van der Waals surface area contributed by atoms with Crippen molar-refractivity contribution in [3.8, 4) is 34.5 Å². The zero-order valence-electron chi connectivity index (χ0n) is 63.0. The number of carbonyl (C=O) groups is 3. The van der Waals surface area contributed by atoms with E-state index in [2.05, 4.69) is 41.5 Å². The van der Waals surface area contributed by atoms with E-state index in [1.165, 1.54) is 212 Å². The molecule has 3 aromatic rings. The van der Waals surface area contributed by atoms with Crippen LogP contribution in [0.5, 0.6) is 34.5 Å². The lowest BCUT2D eigenvalue weighted by atomic mass is 10.1. The quantitative estimate of drug-likeness (QED) is 0.0302. The van der Waals surface area contributed by atoms with Crippen molar-refractivity contribution in [1.82, 2.24) is 0 Å². The Bertz CT molecular complexity index is 2100. The van der Waals surface area contributed by atoms with Crippen molar-refractivity contribution in [1.29, 1.82) is 0 Å². The molecule has 3 rings (SSSR count). The van der Waals surface area contributed by atoms with Gasteiger partial charge in [0.05, 0.1) is 62.2 Å². The summed E-state index contributed by atoms with van der Waals surface area (Å²) in [5.74, 6) is 0.833. The molecule has 12 heteroatoms. The van der Waals surface area contributed by atoms with Gasteiger partial charge in [0.15, 0.2) is 34.5 Å². The number of rotatable bonds is 69. The number of carbonyl (C=O) groups excluding carboxylic acids is 3. The maximum Gasteiger partial charge on any atom is 0.338 e. The average Bonchev–Trinajstić information content (AvgIpc) is 0.891.